The van der Waals surface area contributed by atoms with Crippen LogP contribution in [0.4, 0.5) is 0 Å². The van der Waals surface area contributed by atoms with E-state index >= 15 is 0 Å². The van der Waals surface area contributed by atoms with Crippen LogP contribution in [-0.2, 0) is 31.0 Å². The van der Waals surface area contributed by atoms with Gasteiger partial charge >= 0.3 is 11.1 Å². The summed E-state index contributed by atoms with van der Waals surface area (Å²) in [4.78, 5) is 28.9. The highest BCUT2D eigenvalue weighted by Gasteiger charge is 2.43. The lowest BCUT2D eigenvalue weighted by molar-refractivity contribution is -0.0859. The third kappa shape index (κ3) is 3.19. The minimum Gasteiger partial charge on any atom is -0.364 e. The van der Waals surface area contributed by atoms with E-state index in [0.717, 1.165) is 38.9 Å². The molecule has 5 rings (SSSR count). The number of hydrogen-bond acceptors (Lipinski definition) is 6. The number of rotatable bonds is 4. The predicted molar refractivity (Wildman–Crippen MR) is 102 cm³/mol. The lowest BCUT2D eigenvalue weighted by atomic mass is 10.0. The summed E-state index contributed by atoms with van der Waals surface area (Å²) < 4.78 is 9.15. The van der Waals surface area contributed by atoms with Crippen LogP contribution in [0.1, 0.15) is 35.5 Å². The lowest BCUT2D eigenvalue weighted by Crippen LogP contribution is -2.53. The van der Waals surface area contributed by atoms with Gasteiger partial charge in [0.05, 0.1) is 6.54 Å². The van der Waals surface area contributed by atoms with E-state index < -0.39 is 16.7 Å². The second-order valence-corrected chi connectivity index (χ2v) is 9.20. The molecule has 0 aromatic carbocycles. The van der Waals surface area contributed by atoms with Gasteiger partial charge < -0.3 is 4.74 Å². The maximum atomic E-state index is 12.7. The highest BCUT2D eigenvalue weighted by atomic mass is 32.1. The summed E-state index contributed by atoms with van der Waals surface area (Å²) in [6.07, 6.45) is 3.10. The highest BCUT2D eigenvalue weighted by molar-refractivity contribution is 7.10. The Morgan fingerprint density at radius 1 is 1.30 bits per heavy atom. The Morgan fingerprint density at radius 2 is 2.15 bits per heavy atom. The molecule has 0 radical (unpaired) electrons. The summed E-state index contributed by atoms with van der Waals surface area (Å²) in [5, 5.41) is 6.56. The molecule has 0 unspecified atom stereocenters. The van der Waals surface area contributed by atoms with Crippen molar-refractivity contribution in [2.75, 3.05) is 13.1 Å². The molecule has 27 heavy (non-hydrogen) atoms. The summed E-state index contributed by atoms with van der Waals surface area (Å²) in [5.74, 6) is 1.08. The topological polar surface area (TPSA) is 69.4 Å². The van der Waals surface area contributed by atoms with E-state index in [4.69, 9.17) is 4.74 Å². The molecule has 2 aromatic rings. The van der Waals surface area contributed by atoms with Gasteiger partial charge in [0.1, 0.15) is 12.2 Å². The van der Waals surface area contributed by atoms with Crippen LogP contribution in [0.25, 0.3) is 0 Å². The number of aromatic nitrogens is 3. The smallest absolute Gasteiger partial charge is 0.332 e. The Morgan fingerprint density at radius 3 is 2.89 bits per heavy atom. The summed E-state index contributed by atoms with van der Waals surface area (Å²) in [7, 11) is 0. The first kappa shape index (κ1) is 17.3. The first-order valence-corrected chi connectivity index (χ1v) is 10.5. The van der Waals surface area contributed by atoms with E-state index in [0.29, 0.717) is 31.4 Å². The first-order valence-electron chi connectivity index (χ1n) is 9.63. The van der Waals surface area contributed by atoms with Crippen molar-refractivity contribution in [1.82, 2.24) is 19.2 Å². The van der Waals surface area contributed by atoms with Crippen LogP contribution in [-0.4, -0.2) is 37.9 Å². The van der Waals surface area contributed by atoms with Crippen molar-refractivity contribution in [3.05, 3.63) is 48.4 Å². The normalized spacial score (nSPS) is 25.2. The van der Waals surface area contributed by atoms with Gasteiger partial charge in [-0.25, -0.2) is 4.68 Å². The van der Waals surface area contributed by atoms with Crippen LogP contribution in [0, 0.1) is 12.8 Å². The molecule has 1 spiro atoms. The molecule has 0 N–H and O–H groups in total. The van der Waals surface area contributed by atoms with Gasteiger partial charge in [-0.2, -0.15) is 5.10 Å². The second-order valence-electron chi connectivity index (χ2n) is 8.20. The Labute approximate surface area is 161 Å². The third-order valence-corrected chi connectivity index (χ3v) is 7.03. The minimum atomic E-state index is -0.494. The van der Waals surface area contributed by atoms with Crippen molar-refractivity contribution >= 4 is 11.3 Å². The molecule has 2 fully saturated rings. The van der Waals surface area contributed by atoms with Crippen molar-refractivity contribution < 1.29 is 4.74 Å². The standard InChI is InChI=1S/C19H24N4O3S/c1-13-4-7-27-15(13)9-21-6-5-19(11-21)12-22-16(10-26-19)20-23(8-14-2-3-14)18(25)17(22)24/h4,7,14H,2-3,5-6,8-12H2,1H3/t19-/m0/s1. The van der Waals surface area contributed by atoms with E-state index in [1.54, 1.807) is 15.9 Å². The number of aryl methyl sites for hydroxylation is 1. The second kappa shape index (κ2) is 6.39. The Kier molecular flexibility index (Phi) is 4.10. The van der Waals surface area contributed by atoms with E-state index in [1.807, 2.05) is 0 Å². The summed E-state index contributed by atoms with van der Waals surface area (Å²) in [5.41, 5.74) is -0.00571. The van der Waals surface area contributed by atoms with Crippen LogP contribution in [0.2, 0.25) is 0 Å². The van der Waals surface area contributed by atoms with Gasteiger partial charge in [-0.3, -0.25) is 19.1 Å². The quantitative estimate of drug-likeness (QED) is 0.740. The van der Waals surface area contributed by atoms with Crippen molar-refractivity contribution in [2.24, 2.45) is 5.92 Å². The fourth-order valence-corrected chi connectivity index (χ4v) is 5.10. The zero-order chi connectivity index (χ0) is 18.6. The molecule has 2 aliphatic heterocycles. The third-order valence-electron chi connectivity index (χ3n) is 6.02. The van der Waals surface area contributed by atoms with Gasteiger partial charge in [-0.15, -0.1) is 11.3 Å². The zero-order valence-corrected chi connectivity index (χ0v) is 16.3. The van der Waals surface area contributed by atoms with E-state index in [-0.39, 0.29) is 0 Å². The number of likely N-dealkylation sites (tertiary alicyclic amines) is 1. The highest BCUT2D eigenvalue weighted by Crippen LogP contribution is 2.33. The largest absolute Gasteiger partial charge is 0.364 e. The lowest BCUT2D eigenvalue weighted by Gasteiger charge is -2.35. The molecule has 1 aliphatic carbocycles. The van der Waals surface area contributed by atoms with E-state index in [1.165, 1.54) is 15.1 Å². The summed E-state index contributed by atoms with van der Waals surface area (Å²) >= 11 is 1.78. The average Bonchev–Trinajstić information content (AvgIpc) is 3.27. The van der Waals surface area contributed by atoms with Gasteiger partial charge in [0, 0.05) is 31.1 Å². The molecule has 144 valence electrons. The number of ether oxygens (including phenoxy) is 1. The van der Waals surface area contributed by atoms with E-state index in [9.17, 15) is 9.59 Å². The van der Waals surface area contributed by atoms with Gasteiger partial charge in [-0.1, -0.05) is 0 Å². The van der Waals surface area contributed by atoms with Crippen LogP contribution >= 0.6 is 11.3 Å². The fraction of sp³-hybridized carbons (Fsp3) is 0.632. The first-order chi connectivity index (χ1) is 13.0. The fourth-order valence-electron chi connectivity index (χ4n) is 4.15. The molecular weight excluding hydrogens is 364 g/mol. The summed E-state index contributed by atoms with van der Waals surface area (Å²) in [6.45, 7) is 6.05. The number of nitrogens with zero attached hydrogens (tertiary/aromatic N) is 4. The molecule has 1 atom stereocenters. The van der Waals surface area contributed by atoms with E-state index in [2.05, 4.69) is 28.4 Å². The SMILES string of the molecule is Cc1ccsc1CN1CC[C@]2(C1)Cn1c(nn(CC3CC3)c(=O)c1=O)CO2. The maximum absolute atomic E-state index is 12.7. The van der Waals surface area contributed by atoms with Crippen LogP contribution in [0.3, 0.4) is 0 Å². The molecule has 1 saturated heterocycles. The number of thiophene rings is 1. The van der Waals surface area contributed by atoms with Crippen molar-refractivity contribution in [1.29, 1.82) is 0 Å². The van der Waals surface area contributed by atoms with Gasteiger partial charge in [0.2, 0.25) is 0 Å². The predicted octanol–water partition coefficient (Wildman–Crippen LogP) is 1.36. The molecule has 8 heteroatoms. The molecule has 2 aromatic heterocycles. The van der Waals surface area contributed by atoms with Crippen LogP contribution < -0.4 is 11.1 Å². The molecule has 1 saturated carbocycles. The average molecular weight is 388 g/mol. The maximum Gasteiger partial charge on any atom is 0.332 e. The molecule has 0 bridgehead atoms. The van der Waals surface area contributed by atoms with Crippen LogP contribution in [0.5, 0.6) is 0 Å². The minimum absolute atomic E-state index is 0.298. The molecule has 3 aliphatic rings. The monoisotopic (exact) mass is 388 g/mol. The Hall–Kier alpha value is -1.77. The van der Waals surface area contributed by atoms with Crippen molar-refractivity contribution in [2.45, 2.75) is 58.0 Å². The van der Waals surface area contributed by atoms with Gasteiger partial charge in [-0.05, 0) is 49.1 Å². The summed E-state index contributed by atoms with van der Waals surface area (Å²) in [6, 6.07) is 2.15. The molecule has 4 heterocycles. The Bertz CT molecular complexity index is 990. The van der Waals surface area contributed by atoms with Crippen molar-refractivity contribution in [3.8, 4) is 0 Å². The zero-order valence-electron chi connectivity index (χ0n) is 15.5. The molecule has 7 nitrogen and oxygen atoms in total. The van der Waals surface area contributed by atoms with Crippen molar-refractivity contribution in [3.63, 3.8) is 0 Å². The number of hydrogen-bond donors (Lipinski definition) is 0. The molecular formula is C19H24N4O3S. The molecule has 0 amide bonds. The van der Waals surface area contributed by atoms with Crippen LogP contribution in [0.15, 0.2) is 21.0 Å². The van der Waals surface area contributed by atoms with Gasteiger partial charge in [0.15, 0.2) is 5.82 Å². The van der Waals surface area contributed by atoms with Gasteiger partial charge in [0.25, 0.3) is 0 Å². The number of fused-ring (bicyclic) bond motifs is 1. The Balaban J connectivity index is 1.36.